The summed E-state index contributed by atoms with van der Waals surface area (Å²) in [4.78, 5) is 21.6. The number of carbonyl (C=O) groups excluding carboxylic acids is 1. The SMILES string of the molecule is N#Cc1cccc(NC(=O)NCCNS(=O)(=O)c2cccc([N+](=O)[O-])c2)c1. The number of hydrogen-bond acceptors (Lipinski definition) is 6. The Morgan fingerprint density at radius 1 is 1.15 bits per heavy atom. The number of sulfonamides is 1. The van der Waals surface area contributed by atoms with E-state index in [1.807, 2.05) is 6.07 Å². The minimum Gasteiger partial charge on any atom is -0.337 e. The fourth-order valence-corrected chi connectivity index (χ4v) is 3.12. The molecule has 2 amide bonds. The molecule has 0 heterocycles. The number of urea groups is 1. The van der Waals surface area contributed by atoms with E-state index in [-0.39, 0.29) is 23.7 Å². The first kappa shape index (κ1) is 19.8. The molecule has 0 unspecified atom stereocenters. The van der Waals surface area contributed by atoms with Crippen molar-refractivity contribution in [2.75, 3.05) is 18.4 Å². The summed E-state index contributed by atoms with van der Waals surface area (Å²) >= 11 is 0. The number of hydrogen-bond donors (Lipinski definition) is 3. The van der Waals surface area contributed by atoms with Gasteiger partial charge in [0.15, 0.2) is 0 Å². The predicted molar refractivity (Wildman–Crippen MR) is 96.5 cm³/mol. The minimum atomic E-state index is -3.94. The van der Waals surface area contributed by atoms with E-state index in [2.05, 4.69) is 15.4 Å². The molecular weight excluding hydrogens is 374 g/mol. The number of amides is 2. The fourth-order valence-electron chi connectivity index (χ4n) is 2.05. The molecule has 2 aromatic rings. The quantitative estimate of drug-likeness (QED) is 0.371. The zero-order valence-corrected chi connectivity index (χ0v) is 14.7. The van der Waals surface area contributed by atoms with E-state index in [9.17, 15) is 23.3 Å². The summed E-state index contributed by atoms with van der Waals surface area (Å²) in [7, 11) is -3.94. The molecule has 10 nitrogen and oxygen atoms in total. The summed E-state index contributed by atoms with van der Waals surface area (Å²) in [6.07, 6.45) is 0. The molecule has 0 fully saturated rings. The molecule has 0 saturated carbocycles. The summed E-state index contributed by atoms with van der Waals surface area (Å²) in [5.74, 6) is 0. The maximum Gasteiger partial charge on any atom is 0.319 e. The van der Waals surface area contributed by atoms with Crippen LogP contribution in [-0.4, -0.2) is 32.5 Å². The summed E-state index contributed by atoms with van der Waals surface area (Å²) in [6.45, 7) is -0.130. The van der Waals surface area contributed by atoms with E-state index >= 15 is 0 Å². The highest BCUT2D eigenvalue weighted by molar-refractivity contribution is 7.89. The van der Waals surface area contributed by atoms with Gasteiger partial charge in [0.05, 0.1) is 21.5 Å². The molecule has 0 saturated heterocycles. The summed E-state index contributed by atoms with van der Waals surface area (Å²) in [5, 5.41) is 24.5. The van der Waals surface area contributed by atoms with Gasteiger partial charge >= 0.3 is 6.03 Å². The van der Waals surface area contributed by atoms with E-state index in [0.717, 1.165) is 6.07 Å². The van der Waals surface area contributed by atoms with Crippen LogP contribution in [0.25, 0.3) is 0 Å². The summed E-state index contributed by atoms with van der Waals surface area (Å²) in [6, 6.07) is 12.3. The third-order valence-corrected chi connectivity index (χ3v) is 4.75. The normalized spacial score (nSPS) is 10.6. The van der Waals surface area contributed by atoms with Crippen LogP contribution in [0.5, 0.6) is 0 Å². The number of nitriles is 1. The first-order valence-corrected chi connectivity index (χ1v) is 9.09. The van der Waals surface area contributed by atoms with Gasteiger partial charge in [0.25, 0.3) is 5.69 Å². The number of non-ortho nitro benzene ring substituents is 1. The summed E-state index contributed by atoms with van der Waals surface area (Å²) in [5.41, 5.74) is 0.469. The second-order valence-corrected chi connectivity index (χ2v) is 6.99. The molecule has 0 radical (unpaired) electrons. The van der Waals surface area contributed by atoms with E-state index in [4.69, 9.17) is 5.26 Å². The van der Waals surface area contributed by atoms with Gasteiger partial charge in [-0.2, -0.15) is 5.26 Å². The lowest BCUT2D eigenvalue weighted by Crippen LogP contribution is -2.36. The number of anilines is 1. The highest BCUT2D eigenvalue weighted by Gasteiger charge is 2.17. The van der Waals surface area contributed by atoms with Crippen molar-refractivity contribution in [3.05, 3.63) is 64.2 Å². The molecule has 2 rings (SSSR count). The van der Waals surface area contributed by atoms with Crippen molar-refractivity contribution in [2.45, 2.75) is 4.90 Å². The van der Waals surface area contributed by atoms with E-state index < -0.39 is 21.0 Å². The molecule has 0 aliphatic rings. The van der Waals surface area contributed by atoms with Crippen LogP contribution in [0.2, 0.25) is 0 Å². The van der Waals surface area contributed by atoms with Crippen LogP contribution in [0.4, 0.5) is 16.2 Å². The second kappa shape index (κ2) is 8.75. The Labute approximate surface area is 155 Å². The highest BCUT2D eigenvalue weighted by atomic mass is 32.2. The van der Waals surface area contributed by atoms with Crippen LogP contribution >= 0.6 is 0 Å². The van der Waals surface area contributed by atoms with Crippen molar-refractivity contribution in [2.24, 2.45) is 0 Å². The van der Waals surface area contributed by atoms with E-state index in [1.165, 1.54) is 24.3 Å². The fraction of sp³-hybridized carbons (Fsp3) is 0.125. The van der Waals surface area contributed by atoms with Crippen LogP contribution in [0.15, 0.2) is 53.4 Å². The first-order chi connectivity index (χ1) is 12.8. The van der Waals surface area contributed by atoms with Crippen LogP contribution in [0.1, 0.15) is 5.56 Å². The van der Waals surface area contributed by atoms with Gasteiger partial charge in [-0.1, -0.05) is 12.1 Å². The standard InChI is InChI=1S/C16H15N5O5S/c17-11-12-3-1-4-13(9-12)20-16(22)18-7-8-19-27(25,26)15-6-2-5-14(10-15)21(23)24/h1-6,9-10,19H,7-8H2,(H2,18,20,22). The topological polar surface area (TPSA) is 154 Å². The van der Waals surface area contributed by atoms with Gasteiger partial charge in [-0.25, -0.2) is 17.9 Å². The molecule has 0 aliphatic heterocycles. The van der Waals surface area contributed by atoms with Gasteiger partial charge in [-0.15, -0.1) is 0 Å². The summed E-state index contributed by atoms with van der Waals surface area (Å²) < 4.78 is 26.5. The number of nitrogens with zero attached hydrogens (tertiary/aromatic N) is 2. The van der Waals surface area contributed by atoms with Gasteiger partial charge in [0, 0.05) is 30.9 Å². The Hall–Kier alpha value is -3.49. The number of nitrogens with one attached hydrogen (secondary N) is 3. The van der Waals surface area contributed by atoms with E-state index in [1.54, 1.807) is 18.2 Å². The van der Waals surface area contributed by atoms with Crippen LogP contribution < -0.4 is 15.4 Å². The average Bonchev–Trinajstić information content (AvgIpc) is 2.65. The highest BCUT2D eigenvalue weighted by Crippen LogP contribution is 2.16. The number of nitro benzene ring substituents is 1. The van der Waals surface area contributed by atoms with Gasteiger partial charge < -0.3 is 10.6 Å². The largest absolute Gasteiger partial charge is 0.337 e. The van der Waals surface area contributed by atoms with Gasteiger partial charge in [-0.3, -0.25) is 10.1 Å². The number of nitro groups is 1. The van der Waals surface area contributed by atoms with Crippen molar-refractivity contribution in [3.8, 4) is 6.07 Å². The number of benzene rings is 2. The lowest BCUT2D eigenvalue weighted by molar-refractivity contribution is -0.385. The van der Waals surface area contributed by atoms with Gasteiger partial charge in [0.1, 0.15) is 0 Å². The molecule has 2 aromatic carbocycles. The lowest BCUT2D eigenvalue weighted by Gasteiger charge is -2.09. The third-order valence-electron chi connectivity index (χ3n) is 3.29. The van der Waals surface area contributed by atoms with Crippen molar-refractivity contribution < 1.29 is 18.1 Å². The zero-order chi connectivity index (χ0) is 19.9. The van der Waals surface area contributed by atoms with Crippen LogP contribution in [0.3, 0.4) is 0 Å². The molecule has 27 heavy (non-hydrogen) atoms. The van der Waals surface area contributed by atoms with Crippen molar-refractivity contribution in [1.82, 2.24) is 10.0 Å². The van der Waals surface area contributed by atoms with Crippen molar-refractivity contribution in [3.63, 3.8) is 0 Å². The Morgan fingerprint density at radius 2 is 1.89 bits per heavy atom. The maximum atomic E-state index is 12.1. The molecule has 0 aromatic heterocycles. The molecular formula is C16H15N5O5S. The van der Waals surface area contributed by atoms with Crippen molar-refractivity contribution in [1.29, 1.82) is 5.26 Å². The monoisotopic (exact) mass is 389 g/mol. The lowest BCUT2D eigenvalue weighted by atomic mass is 10.2. The molecule has 0 spiro atoms. The smallest absolute Gasteiger partial charge is 0.319 e. The van der Waals surface area contributed by atoms with Gasteiger partial charge in [0.2, 0.25) is 10.0 Å². The Balaban J connectivity index is 1.85. The van der Waals surface area contributed by atoms with Crippen molar-refractivity contribution >= 4 is 27.4 Å². The molecule has 0 bridgehead atoms. The number of carbonyl (C=O) groups is 1. The predicted octanol–water partition coefficient (Wildman–Crippen LogP) is 1.57. The first-order valence-electron chi connectivity index (χ1n) is 7.61. The van der Waals surface area contributed by atoms with Crippen LogP contribution in [-0.2, 0) is 10.0 Å². The molecule has 3 N–H and O–H groups in total. The molecule has 140 valence electrons. The molecule has 0 atom stereocenters. The third kappa shape index (κ3) is 5.77. The maximum absolute atomic E-state index is 12.1. The van der Waals surface area contributed by atoms with Crippen LogP contribution in [0, 0.1) is 21.4 Å². The molecule has 0 aliphatic carbocycles. The Morgan fingerprint density at radius 3 is 2.59 bits per heavy atom. The Bertz CT molecular complexity index is 1000. The number of rotatable bonds is 7. The van der Waals surface area contributed by atoms with Gasteiger partial charge in [-0.05, 0) is 24.3 Å². The second-order valence-electron chi connectivity index (χ2n) is 5.23. The minimum absolute atomic E-state index is 0.0159. The average molecular weight is 389 g/mol. The van der Waals surface area contributed by atoms with E-state index in [0.29, 0.717) is 11.3 Å². The zero-order valence-electron chi connectivity index (χ0n) is 13.9. The molecule has 11 heteroatoms. The Kier molecular flexibility index (Phi) is 6.42.